The van der Waals surface area contributed by atoms with E-state index in [9.17, 15) is 4.79 Å². The van der Waals surface area contributed by atoms with Crippen molar-refractivity contribution in [1.82, 2.24) is 10.5 Å². The van der Waals surface area contributed by atoms with E-state index >= 15 is 0 Å². The van der Waals surface area contributed by atoms with Crippen LogP contribution in [0.25, 0.3) is 0 Å². The van der Waals surface area contributed by atoms with Crippen molar-refractivity contribution >= 4 is 11.6 Å². The van der Waals surface area contributed by atoms with Gasteiger partial charge in [-0.1, -0.05) is 19.0 Å². The van der Waals surface area contributed by atoms with Crippen molar-refractivity contribution in [2.75, 3.05) is 11.9 Å². The normalized spacial score (nSPS) is 10.5. The molecule has 0 saturated carbocycles. The number of nitrogens with zero attached hydrogens (tertiary/aromatic N) is 1. The minimum absolute atomic E-state index is 0.0404. The van der Waals surface area contributed by atoms with Crippen LogP contribution in [0.1, 0.15) is 20.3 Å². The molecule has 0 bridgehead atoms. The van der Waals surface area contributed by atoms with Crippen LogP contribution < -0.4 is 10.6 Å². The molecule has 5 heteroatoms. The van der Waals surface area contributed by atoms with Crippen molar-refractivity contribution in [2.45, 2.75) is 26.3 Å². The molecule has 5 nitrogen and oxygen atoms in total. The third-order valence-electron chi connectivity index (χ3n) is 1.62. The van der Waals surface area contributed by atoms with Gasteiger partial charge in [-0.3, -0.25) is 4.79 Å². The first-order valence-corrected chi connectivity index (χ1v) is 4.61. The molecule has 1 rings (SSSR count). The zero-order chi connectivity index (χ0) is 10.4. The number of rotatable bonds is 5. The third-order valence-corrected chi connectivity index (χ3v) is 1.62. The molecule has 0 aliphatic carbocycles. The predicted octanol–water partition coefficient (Wildman–Crippen LogP) is 1.00. The van der Waals surface area contributed by atoms with E-state index < -0.39 is 0 Å². The zero-order valence-corrected chi connectivity index (χ0v) is 8.41. The Morgan fingerprint density at radius 3 is 3.00 bits per heavy atom. The fourth-order valence-corrected chi connectivity index (χ4v) is 0.964. The molecule has 1 heterocycles. The number of anilines is 1. The monoisotopic (exact) mass is 197 g/mol. The van der Waals surface area contributed by atoms with Crippen molar-refractivity contribution in [3.05, 3.63) is 12.5 Å². The predicted molar refractivity (Wildman–Crippen MR) is 52.9 cm³/mol. The van der Waals surface area contributed by atoms with Gasteiger partial charge < -0.3 is 15.2 Å². The van der Waals surface area contributed by atoms with Crippen LogP contribution >= 0.6 is 0 Å². The minimum atomic E-state index is -0.0404. The molecule has 1 aromatic heterocycles. The van der Waals surface area contributed by atoms with Gasteiger partial charge in [0.05, 0.1) is 6.20 Å². The first kappa shape index (κ1) is 10.7. The summed E-state index contributed by atoms with van der Waals surface area (Å²) < 4.78 is 4.58. The molecule has 78 valence electrons. The van der Waals surface area contributed by atoms with Crippen molar-refractivity contribution in [3.8, 4) is 0 Å². The Balaban J connectivity index is 2.17. The molecule has 1 aromatic rings. The lowest BCUT2D eigenvalue weighted by atomic mass is 10.3. The minimum Gasteiger partial charge on any atom is -0.363 e. The maximum atomic E-state index is 11.3. The Morgan fingerprint density at radius 1 is 1.64 bits per heavy atom. The fourth-order valence-electron chi connectivity index (χ4n) is 0.964. The second-order valence-electron chi connectivity index (χ2n) is 3.32. The van der Waals surface area contributed by atoms with Crippen LogP contribution in [0.2, 0.25) is 0 Å². The van der Waals surface area contributed by atoms with Gasteiger partial charge >= 0.3 is 0 Å². The van der Waals surface area contributed by atoms with Gasteiger partial charge in [-0.05, 0) is 0 Å². The Morgan fingerprint density at radius 2 is 2.43 bits per heavy atom. The van der Waals surface area contributed by atoms with Crippen LogP contribution in [0, 0.1) is 0 Å². The molecule has 0 aliphatic heterocycles. The SMILES string of the molecule is CC(C)NCCC(=O)Nc1cnoc1. The maximum absolute atomic E-state index is 11.3. The van der Waals surface area contributed by atoms with Crippen LogP contribution in [-0.2, 0) is 4.79 Å². The van der Waals surface area contributed by atoms with E-state index in [-0.39, 0.29) is 5.91 Å². The summed E-state index contributed by atoms with van der Waals surface area (Å²) in [6.45, 7) is 4.75. The van der Waals surface area contributed by atoms with Crippen molar-refractivity contribution in [2.24, 2.45) is 0 Å². The average molecular weight is 197 g/mol. The van der Waals surface area contributed by atoms with Crippen molar-refractivity contribution in [3.63, 3.8) is 0 Å². The molecule has 0 aromatic carbocycles. The summed E-state index contributed by atoms with van der Waals surface area (Å²) in [5.74, 6) is -0.0404. The van der Waals surface area contributed by atoms with E-state index in [0.717, 1.165) is 0 Å². The summed E-state index contributed by atoms with van der Waals surface area (Å²) >= 11 is 0. The molecular weight excluding hydrogens is 182 g/mol. The summed E-state index contributed by atoms with van der Waals surface area (Å²) in [7, 11) is 0. The highest BCUT2D eigenvalue weighted by atomic mass is 16.5. The highest BCUT2D eigenvalue weighted by Gasteiger charge is 2.03. The zero-order valence-electron chi connectivity index (χ0n) is 8.41. The smallest absolute Gasteiger partial charge is 0.225 e. The van der Waals surface area contributed by atoms with E-state index in [0.29, 0.717) is 24.7 Å². The van der Waals surface area contributed by atoms with Crippen LogP contribution in [0.3, 0.4) is 0 Å². The van der Waals surface area contributed by atoms with E-state index in [4.69, 9.17) is 0 Å². The van der Waals surface area contributed by atoms with Gasteiger partial charge in [-0.2, -0.15) is 0 Å². The highest BCUT2D eigenvalue weighted by molar-refractivity contribution is 5.90. The summed E-state index contributed by atoms with van der Waals surface area (Å²) in [4.78, 5) is 11.3. The van der Waals surface area contributed by atoms with Crippen LogP contribution in [0.15, 0.2) is 17.0 Å². The molecule has 0 spiro atoms. The summed E-state index contributed by atoms with van der Waals surface area (Å²) in [5, 5.41) is 9.29. The molecule has 14 heavy (non-hydrogen) atoms. The number of nitrogens with one attached hydrogen (secondary N) is 2. The van der Waals surface area contributed by atoms with Gasteiger partial charge in [-0.15, -0.1) is 0 Å². The molecule has 0 radical (unpaired) electrons. The number of hydrogen-bond acceptors (Lipinski definition) is 4. The third kappa shape index (κ3) is 4.04. The largest absolute Gasteiger partial charge is 0.363 e. The van der Waals surface area contributed by atoms with Gasteiger partial charge in [0.2, 0.25) is 5.91 Å². The molecule has 1 amide bonds. The topological polar surface area (TPSA) is 67.2 Å². The molecular formula is C9H15N3O2. The first-order valence-electron chi connectivity index (χ1n) is 4.61. The maximum Gasteiger partial charge on any atom is 0.225 e. The van der Waals surface area contributed by atoms with E-state index in [2.05, 4.69) is 20.3 Å². The quantitative estimate of drug-likeness (QED) is 0.739. The number of amides is 1. The van der Waals surface area contributed by atoms with Gasteiger partial charge in [0, 0.05) is 19.0 Å². The number of hydrogen-bond donors (Lipinski definition) is 2. The second kappa shape index (κ2) is 5.39. The Bertz CT molecular complexity index is 270. The number of carbonyl (C=O) groups is 1. The Hall–Kier alpha value is -1.36. The lowest BCUT2D eigenvalue weighted by molar-refractivity contribution is -0.116. The number of aromatic nitrogens is 1. The summed E-state index contributed by atoms with van der Waals surface area (Å²) in [6, 6.07) is 0.401. The Labute approximate surface area is 82.8 Å². The Kier molecular flexibility index (Phi) is 4.12. The van der Waals surface area contributed by atoms with Crippen LogP contribution in [-0.4, -0.2) is 23.7 Å². The van der Waals surface area contributed by atoms with Crippen molar-refractivity contribution in [1.29, 1.82) is 0 Å². The van der Waals surface area contributed by atoms with Gasteiger partial charge in [0.1, 0.15) is 12.0 Å². The summed E-state index contributed by atoms with van der Waals surface area (Å²) in [5.41, 5.74) is 0.597. The highest BCUT2D eigenvalue weighted by Crippen LogP contribution is 2.03. The van der Waals surface area contributed by atoms with Crippen LogP contribution in [0.4, 0.5) is 5.69 Å². The number of carbonyl (C=O) groups excluding carboxylic acids is 1. The molecule has 0 unspecified atom stereocenters. The first-order chi connectivity index (χ1) is 6.68. The van der Waals surface area contributed by atoms with E-state index in [1.165, 1.54) is 12.5 Å². The van der Waals surface area contributed by atoms with Gasteiger partial charge in [0.15, 0.2) is 0 Å². The van der Waals surface area contributed by atoms with E-state index in [1.54, 1.807) is 0 Å². The lowest BCUT2D eigenvalue weighted by Crippen LogP contribution is -2.27. The standard InChI is InChI=1S/C9H15N3O2/c1-7(2)10-4-3-9(13)12-8-5-11-14-6-8/h5-7,10H,3-4H2,1-2H3,(H,12,13). The van der Waals surface area contributed by atoms with E-state index in [1.807, 2.05) is 13.8 Å². The molecule has 2 N–H and O–H groups in total. The molecule has 0 fully saturated rings. The second-order valence-corrected chi connectivity index (χ2v) is 3.32. The molecule has 0 saturated heterocycles. The molecule has 0 aliphatic rings. The average Bonchev–Trinajstić information content (AvgIpc) is 2.56. The van der Waals surface area contributed by atoms with Crippen LogP contribution in [0.5, 0.6) is 0 Å². The summed E-state index contributed by atoms with van der Waals surface area (Å²) in [6.07, 6.45) is 3.31. The van der Waals surface area contributed by atoms with Gasteiger partial charge in [0.25, 0.3) is 0 Å². The lowest BCUT2D eigenvalue weighted by Gasteiger charge is -2.06. The molecule has 0 atom stereocenters. The fraction of sp³-hybridized carbons (Fsp3) is 0.556. The van der Waals surface area contributed by atoms with Gasteiger partial charge in [-0.25, -0.2) is 0 Å². The van der Waals surface area contributed by atoms with Crippen molar-refractivity contribution < 1.29 is 9.32 Å².